The van der Waals surface area contributed by atoms with Crippen LogP contribution in [0.2, 0.25) is 0 Å². The highest BCUT2D eigenvalue weighted by atomic mass is 19.1. The van der Waals surface area contributed by atoms with E-state index in [0.29, 0.717) is 18.4 Å². The molecule has 0 unspecified atom stereocenters. The summed E-state index contributed by atoms with van der Waals surface area (Å²) in [6.07, 6.45) is 1.32. The van der Waals surface area contributed by atoms with Crippen molar-refractivity contribution in [3.63, 3.8) is 0 Å². The van der Waals surface area contributed by atoms with Crippen LogP contribution < -0.4 is 0 Å². The molecule has 0 amide bonds. The highest BCUT2D eigenvalue weighted by Gasteiger charge is 2.51. The molecule has 1 saturated carbocycles. The minimum atomic E-state index is -0.806. The van der Waals surface area contributed by atoms with Gasteiger partial charge < -0.3 is 5.11 Å². The number of carboxylic acid groups (broad SMARTS) is 1. The Morgan fingerprint density at radius 2 is 1.85 bits per heavy atom. The lowest BCUT2D eigenvalue weighted by Gasteiger charge is -2.08. The SMILES string of the molecule is O=C(O)C1(c2ccc(F)cc2)CC1. The fourth-order valence-corrected chi connectivity index (χ4v) is 1.52. The second kappa shape index (κ2) is 2.55. The maximum atomic E-state index is 12.5. The van der Waals surface area contributed by atoms with Crippen molar-refractivity contribution in [1.82, 2.24) is 0 Å². The van der Waals surface area contributed by atoms with Crippen molar-refractivity contribution in [3.8, 4) is 0 Å². The molecule has 0 atom stereocenters. The van der Waals surface area contributed by atoms with Crippen LogP contribution in [0.5, 0.6) is 0 Å². The van der Waals surface area contributed by atoms with E-state index in [2.05, 4.69) is 0 Å². The minimum Gasteiger partial charge on any atom is -0.481 e. The van der Waals surface area contributed by atoms with Crippen LogP contribution in [0.4, 0.5) is 4.39 Å². The lowest BCUT2D eigenvalue weighted by Crippen LogP contribution is -2.19. The molecule has 0 aromatic heterocycles. The molecule has 1 aromatic carbocycles. The highest BCUT2D eigenvalue weighted by molar-refractivity contribution is 5.84. The lowest BCUT2D eigenvalue weighted by atomic mass is 9.96. The van der Waals surface area contributed by atoms with E-state index in [9.17, 15) is 9.18 Å². The summed E-state index contributed by atoms with van der Waals surface area (Å²) in [5.74, 6) is -1.14. The van der Waals surface area contributed by atoms with Crippen LogP contribution in [-0.4, -0.2) is 11.1 Å². The van der Waals surface area contributed by atoms with Crippen LogP contribution in [0.3, 0.4) is 0 Å². The van der Waals surface area contributed by atoms with Crippen LogP contribution in [0.15, 0.2) is 24.3 Å². The van der Waals surface area contributed by atoms with Crippen LogP contribution in [0, 0.1) is 5.82 Å². The normalized spacial score (nSPS) is 18.2. The van der Waals surface area contributed by atoms with Crippen molar-refractivity contribution in [3.05, 3.63) is 35.6 Å². The molecule has 0 heterocycles. The van der Waals surface area contributed by atoms with Gasteiger partial charge >= 0.3 is 5.97 Å². The quantitative estimate of drug-likeness (QED) is 0.755. The Labute approximate surface area is 75.0 Å². The Bertz CT molecular complexity index is 338. The standard InChI is InChI=1S/C10H9FO2/c11-8-3-1-7(2-4-8)10(5-6-10)9(12)13/h1-4H,5-6H2,(H,12,13). The van der Waals surface area contributed by atoms with Gasteiger partial charge in [-0.2, -0.15) is 0 Å². The maximum Gasteiger partial charge on any atom is 0.314 e. The molecule has 1 aliphatic carbocycles. The van der Waals surface area contributed by atoms with Gasteiger partial charge in [0, 0.05) is 0 Å². The molecule has 0 saturated heterocycles. The zero-order valence-electron chi connectivity index (χ0n) is 6.96. The number of hydrogen-bond donors (Lipinski definition) is 1. The molecule has 1 N–H and O–H groups in total. The van der Waals surface area contributed by atoms with Crippen molar-refractivity contribution < 1.29 is 14.3 Å². The highest BCUT2D eigenvalue weighted by Crippen LogP contribution is 2.48. The van der Waals surface area contributed by atoms with Crippen LogP contribution in [0.1, 0.15) is 18.4 Å². The minimum absolute atomic E-state index is 0.329. The molecule has 0 radical (unpaired) electrons. The van der Waals surface area contributed by atoms with E-state index in [1.165, 1.54) is 12.1 Å². The van der Waals surface area contributed by atoms with Gasteiger partial charge in [0.25, 0.3) is 0 Å². The topological polar surface area (TPSA) is 37.3 Å². The van der Waals surface area contributed by atoms with Gasteiger partial charge in [-0.05, 0) is 30.5 Å². The summed E-state index contributed by atoms with van der Waals surface area (Å²) in [5.41, 5.74) is -0.00495. The molecule has 2 rings (SSSR count). The molecule has 1 fully saturated rings. The number of aliphatic carboxylic acids is 1. The van der Waals surface area contributed by atoms with E-state index in [1.54, 1.807) is 12.1 Å². The first-order chi connectivity index (χ1) is 6.15. The third kappa shape index (κ3) is 1.20. The predicted molar refractivity (Wildman–Crippen MR) is 44.9 cm³/mol. The number of hydrogen-bond acceptors (Lipinski definition) is 1. The average Bonchev–Trinajstić information content (AvgIpc) is 2.86. The largest absolute Gasteiger partial charge is 0.481 e. The molecule has 68 valence electrons. The molecule has 1 aromatic rings. The van der Waals surface area contributed by atoms with Gasteiger partial charge in [-0.1, -0.05) is 12.1 Å². The van der Waals surface area contributed by atoms with E-state index in [-0.39, 0.29) is 5.82 Å². The van der Waals surface area contributed by atoms with Crippen molar-refractivity contribution in [2.24, 2.45) is 0 Å². The van der Waals surface area contributed by atoms with E-state index >= 15 is 0 Å². The van der Waals surface area contributed by atoms with Gasteiger partial charge in [-0.3, -0.25) is 4.79 Å². The average molecular weight is 180 g/mol. The smallest absolute Gasteiger partial charge is 0.314 e. The summed E-state index contributed by atoms with van der Waals surface area (Å²) in [6.45, 7) is 0. The van der Waals surface area contributed by atoms with Crippen molar-refractivity contribution in [2.45, 2.75) is 18.3 Å². The summed E-state index contributed by atoms with van der Waals surface area (Å²) < 4.78 is 12.5. The first kappa shape index (κ1) is 8.23. The van der Waals surface area contributed by atoms with Crippen LogP contribution >= 0.6 is 0 Å². The Morgan fingerprint density at radius 1 is 1.31 bits per heavy atom. The fourth-order valence-electron chi connectivity index (χ4n) is 1.52. The first-order valence-corrected chi connectivity index (χ1v) is 4.15. The Hall–Kier alpha value is -1.38. The molecule has 2 nitrogen and oxygen atoms in total. The zero-order valence-corrected chi connectivity index (χ0v) is 6.96. The number of carboxylic acids is 1. The number of rotatable bonds is 2. The third-order valence-electron chi connectivity index (χ3n) is 2.56. The fraction of sp³-hybridized carbons (Fsp3) is 0.300. The van der Waals surface area contributed by atoms with Gasteiger partial charge in [-0.25, -0.2) is 4.39 Å². The summed E-state index contributed by atoms with van der Waals surface area (Å²) in [7, 11) is 0. The predicted octanol–water partition coefficient (Wildman–Crippen LogP) is 1.94. The molecule has 1 aliphatic rings. The van der Waals surface area contributed by atoms with Gasteiger partial charge in [-0.15, -0.1) is 0 Å². The lowest BCUT2D eigenvalue weighted by molar-refractivity contribution is -0.140. The number of benzene rings is 1. The Balaban J connectivity index is 2.36. The van der Waals surface area contributed by atoms with Crippen molar-refractivity contribution in [1.29, 1.82) is 0 Å². The Kier molecular flexibility index (Phi) is 1.62. The summed E-state index contributed by atoms with van der Waals surface area (Å²) >= 11 is 0. The molecule has 0 aliphatic heterocycles. The molecular formula is C10H9FO2. The molecule has 13 heavy (non-hydrogen) atoms. The summed E-state index contributed by atoms with van der Waals surface area (Å²) in [6, 6.07) is 5.71. The molecular weight excluding hydrogens is 171 g/mol. The Morgan fingerprint density at radius 3 is 2.23 bits per heavy atom. The van der Waals surface area contributed by atoms with Gasteiger partial charge in [0.2, 0.25) is 0 Å². The van der Waals surface area contributed by atoms with E-state index in [1.807, 2.05) is 0 Å². The maximum absolute atomic E-state index is 12.5. The molecule has 0 bridgehead atoms. The van der Waals surface area contributed by atoms with Crippen LogP contribution in [0.25, 0.3) is 0 Å². The first-order valence-electron chi connectivity index (χ1n) is 4.15. The summed E-state index contributed by atoms with van der Waals surface area (Å²) in [5, 5.41) is 8.93. The second-order valence-electron chi connectivity index (χ2n) is 3.39. The van der Waals surface area contributed by atoms with Crippen LogP contribution in [-0.2, 0) is 10.2 Å². The van der Waals surface area contributed by atoms with E-state index < -0.39 is 11.4 Å². The monoisotopic (exact) mass is 180 g/mol. The number of halogens is 1. The number of carbonyl (C=O) groups is 1. The van der Waals surface area contributed by atoms with Gasteiger partial charge in [0.1, 0.15) is 5.82 Å². The van der Waals surface area contributed by atoms with E-state index in [4.69, 9.17) is 5.11 Å². The third-order valence-corrected chi connectivity index (χ3v) is 2.56. The zero-order chi connectivity index (χ0) is 9.47. The van der Waals surface area contributed by atoms with Gasteiger partial charge in [0.05, 0.1) is 5.41 Å². The molecule has 0 spiro atoms. The molecule has 3 heteroatoms. The van der Waals surface area contributed by atoms with Gasteiger partial charge in [0.15, 0.2) is 0 Å². The van der Waals surface area contributed by atoms with E-state index in [0.717, 1.165) is 0 Å². The summed E-state index contributed by atoms with van der Waals surface area (Å²) in [4.78, 5) is 10.9. The second-order valence-corrected chi connectivity index (χ2v) is 3.39. The van der Waals surface area contributed by atoms with Crippen molar-refractivity contribution >= 4 is 5.97 Å². The van der Waals surface area contributed by atoms with Crippen molar-refractivity contribution in [2.75, 3.05) is 0 Å².